The predicted octanol–water partition coefficient (Wildman–Crippen LogP) is 13.0. The molecule has 0 radical (unpaired) electrons. The average Bonchev–Trinajstić information content (AvgIpc) is 3.80. The van der Waals surface area contributed by atoms with E-state index >= 15 is 0 Å². The number of aromatic nitrogens is 2. The third-order valence-electron chi connectivity index (χ3n) is 11.0. The van der Waals surface area contributed by atoms with Crippen molar-refractivity contribution >= 4 is 49.3 Å². The van der Waals surface area contributed by atoms with Crippen molar-refractivity contribution in [3.63, 3.8) is 0 Å². The van der Waals surface area contributed by atoms with Crippen LogP contribution in [0.15, 0.2) is 170 Å². The fourth-order valence-electron chi connectivity index (χ4n) is 8.36. The van der Waals surface area contributed by atoms with E-state index in [4.69, 9.17) is 6.57 Å². The number of rotatable bonds is 5. The summed E-state index contributed by atoms with van der Waals surface area (Å²) in [7, 11) is 0. The van der Waals surface area contributed by atoms with Crippen LogP contribution in [0, 0.1) is 40.6 Å². The van der Waals surface area contributed by atoms with E-state index in [2.05, 4.69) is 105 Å². The van der Waals surface area contributed by atoms with Gasteiger partial charge in [0.25, 0.3) is 0 Å². The van der Waals surface area contributed by atoms with Gasteiger partial charge in [0.1, 0.15) is 11.6 Å². The molecule has 10 aromatic rings. The Bertz CT molecular complexity index is 3320. The second-order valence-corrected chi connectivity index (χ2v) is 14.2. The molecule has 0 spiro atoms. The molecule has 0 atom stereocenters. The number of nitrogens with zero attached hydrogens (tertiary/aromatic N) is 6. The number of hydrogen-bond acceptors (Lipinski definition) is 3. The summed E-state index contributed by atoms with van der Waals surface area (Å²) in [5, 5.41) is 35.2. The molecule has 6 heteroatoms. The SMILES string of the molecule is [C-]#[N+]c1cccc(-c2ccc3c4ccccc4n(-c4cc(-c5cccc(C#N)c5)cc(-n5c6ccccc6c6ccc(-c7cccc(C#N)c7)cc65)c4C#N)c3c2)c1. The van der Waals surface area contributed by atoms with Gasteiger partial charge in [-0.2, -0.15) is 15.8 Å². The van der Waals surface area contributed by atoms with Gasteiger partial charge in [0.15, 0.2) is 5.69 Å². The van der Waals surface area contributed by atoms with Crippen LogP contribution < -0.4 is 0 Å². The summed E-state index contributed by atoms with van der Waals surface area (Å²) in [4.78, 5) is 3.67. The van der Waals surface area contributed by atoms with Crippen molar-refractivity contribution in [1.29, 1.82) is 15.8 Å². The Morgan fingerprint density at radius 2 is 0.828 bits per heavy atom. The molecule has 0 amide bonds. The van der Waals surface area contributed by atoms with Crippen LogP contribution in [-0.2, 0) is 0 Å². The van der Waals surface area contributed by atoms with Crippen LogP contribution in [-0.4, -0.2) is 9.13 Å². The first-order valence-electron chi connectivity index (χ1n) is 18.7. The summed E-state index contributed by atoms with van der Waals surface area (Å²) in [6, 6.07) is 63.3. The maximum Gasteiger partial charge on any atom is 0.187 e. The third kappa shape index (κ3) is 5.38. The first-order chi connectivity index (χ1) is 28.6. The lowest BCUT2D eigenvalue weighted by atomic mass is 9.98. The fraction of sp³-hybridized carbons (Fsp3) is 0. The zero-order valence-corrected chi connectivity index (χ0v) is 30.8. The maximum absolute atomic E-state index is 11.4. The van der Waals surface area contributed by atoms with Gasteiger partial charge in [0.2, 0.25) is 0 Å². The van der Waals surface area contributed by atoms with Gasteiger partial charge < -0.3 is 9.13 Å². The van der Waals surface area contributed by atoms with Gasteiger partial charge in [-0.1, -0.05) is 103 Å². The minimum atomic E-state index is 0.475. The highest BCUT2D eigenvalue weighted by Crippen LogP contribution is 2.42. The maximum atomic E-state index is 11.4. The summed E-state index contributed by atoms with van der Waals surface area (Å²) in [5.74, 6) is 0. The van der Waals surface area contributed by atoms with Gasteiger partial charge in [-0.15, -0.1) is 0 Å². The monoisotopic (exact) mass is 736 g/mol. The van der Waals surface area contributed by atoms with Crippen LogP contribution in [0.1, 0.15) is 16.7 Å². The predicted molar refractivity (Wildman–Crippen MR) is 232 cm³/mol. The Balaban J connectivity index is 1.33. The molecule has 2 heterocycles. The molecule has 0 unspecified atom stereocenters. The van der Waals surface area contributed by atoms with Gasteiger partial charge in [-0.3, -0.25) is 0 Å². The normalized spacial score (nSPS) is 11.0. The van der Waals surface area contributed by atoms with Crippen molar-refractivity contribution in [2.75, 3.05) is 0 Å². The minimum Gasteiger partial charge on any atom is -0.308 e. The summed E-state index contributed by atoms with van der Waals surface area (Å²) >= 11 is 0. The Kier molecular flexibility index (Phi) is 7.92. The van der Waals surface area contributed by atoms with Gasteiger partial charge in [0.05, 0.1) is 63.3 Å². The highest BCUT2D eigenvalue weighted by molar-refractivity contribution is 6.12. The Labute approximate surface area is 334 Å². The molecule has 0 N–H and O–H groups in total. The van der Waals surface area contributed by atoms with Crippen LogP contribution >= 0.6 is 0 Å². The molecule has 0 aliphatic heterocycles. The van der Waals surface area contributed by atoms with Crippen LogP contribution in [0.4, 0.5) is 5.69 Å². The lowest BCUT2D eigenvalue weighted by molar-refractivity contribution is 1.12. The average molecular weight is 737 g/mol. The number of benzene rings is 8. The second-order valence-electron chi connectivity index (χ2n) is 14.2. The molecular formula is C52H28N6. The van der Waals surface area contributed by atoms with E-state index < -0.39 is 0 Å². The van der Waals surface area contributed by atoms with E-state index in [-0.39, 0.29) is 0 Å². The van der Waals surface area contributed by atoms with E-state index in [9.17, 15) is 15.8 Å². The number of para-hydroxylation sites is 2. The molecule has 6 nitrogen and oxygen atoms in total. The van der Waals surface area contributed by atoms with Gasteiger partial charge in [-0.05, 0) is 100 Å². The molecule has 0 aliphatic rings. The number of nitriles is 3. The van der Waals surface area contributed by atoms with Crippen molar-refractivity contribution in [2.24, 2.45) is 0 Å². The third-order valence-corrected chi connectivity index (χ3v) is 11.0. The van der Waals surface area contributed by atoms with Crippen LogP contribution in [0.3, 0.4) is 0 Å². The highest BCUT2D eigenvalue weighted by Gasteiger charge is 2.23. The Morgan fingerprint density at radius 3 is 1.33 bits per heavy atom. The van der Waals surface area contributed by atoms with Crippen molar-refractivity contribution < 1.29 is 0 Å². The molecule has 58 heavy (non-hydrogen) atoms. The van der Waals surface area contributed by atoms with E-state index in [1.807, 2.05) is 78.9 Å². The van der Waals surface area contributed by atoms with Gasteiger partial charge in [0, 0.05) is 21.5 Å². The molecule has 0 saturated carbocycles. The van der Waals surface area contributed by atoms with E-state index in [0.717, 1.165) is 77.0 Å². The van der Waals surface area contributed by atoms with Crippen molar-refractivity contribution in [3.8, 4) is 63.0 Å². The molecule has 0 aliphatic carbocycles. The number of fused-ring (bicyclic) bond motifs is 6. The standard InChI is InChI=1S/C52H28N6/c1-56-41-14-8-13-37(25-41)39-20-22-45-43-16-3-5-18-48(43)58(50(45)27-39)52-29-40(36-12-7-10-34(24-36)31-54)28-51(46(52)32-55)57-47-17-4-2-15-42(47)44-21-19-38(26-49(44)57)35-11-6-9-33(23-35)30-53/h2-29H. The zero-order valence-electron chi connectivity index (χ0n) is 30.8. The summed E-state index contributed by atoms with van der Waals surface area (Å²) in [5.41, 5.74) is 12.7. The van der Waals surface area contributed by atoms with Crippen LogP contribution in [0.5, 0.6) is 0 Å². The molecule has 266 valence electrons. The zero-order chi connectivity index (χ0) is 39.3. The molecule has 0 bridgehead atoms. The molecule has 10 rings (SSSR count). The topological polar surface area (TPSA) is 85.6 Å². The van der Waals surface area contributed by atoms with Crippen LogP contribution in [0.25, 0.3) is 93.2 Å². The molecular weight excluding hydrogens is 709 g/mol. The van der Waals surface area contributed by atoms with Crippen LogP contribution in [0.2, 0.25) is 0 Å². The lowest BCUT2D eigenvalue weighted by Crippen LogP contribution is -2.05. The van der Waals surface area contributed by atoms with E-state index in [1.165, 1.54) is 0 Å². The van der Waals surface area contributed by atoms with E-state index in [0.29, 0.717) is 33.8 Å². The smallest absolute Gasteiger partial charge is 0.187 e. The quantitative estimate of drug-likeness (QED) is 0.165. The first-order valence-corrected chi connectivity index (χ1v) is 18.7. The Morgan fingerprint density at radius 1 is 0.379 bits per heavy atom. The summed E-state index contributed by atoms with van der Waals surface area (Å²) < 4.78 is 4.36. The van der Waals surface area contributed by atoms with Gasteiger partial charge in [-0.25, -0.2) is 4.85 Å². The molecule has 8 aromatic carbocycles. The fourth-order valence-corrected chi connectivity index (χ4v) is 8.36. The Hall–Kier alpha value is -8.68. The first kappa shape index (κ1) is 33.9. The van der Waals surface area contributed by atoms with E-state index in [1.54, 1.807) is 18.2 Å². The van der Waals surface area contributed by atoms with Gasteiger partial charge >= 0.3 is 0 Å². The highest BCUT2D eigenvalue weighted by atomic mass is 15.0. The number of hydrogen-bond donors (Lipinski definition) is 0. The summed E-state index contributed by atoms with van der Waals surface area (Å²) in [6.45, 7) is 7.63. The van der Waals surface area contributed by atoms with Crippen molar-refractivity contribution in [2.45, 2.75) is 0 Å². The van der Waals surface area contributed by atoms with Crippen molar-refractivity contribution in [3.05, 3.63) is 198 Å². The van der Waals surface area contributed by atoms with Crippen molar-refractivity contribution in [1.82, 2.24) is 9.13 Å². The largest absolute Gasteiger partial charge is 0.308 e. The minimum absolute atomic E-state index is 0.475. The lowest BCUT2D eigenvalue weighted by Gasteiger charge is -2.19. The molecule has 0 fully saturated rings. The second kappa shape index (κ2) is 13.6. The molecule has 0 saturated heterocycles. The molecule has 2 aromatic heterocycles. The summed E-state index contributed by atoms with van der Waals surface area (Å²) in [6.07, 6.45) is 0.